The summed E-state index contributed by atoms with van der Waals surface area (Å²) in [5.74, 6) is -0.582. The summed E-state index contributed by atoms with van der Waals surface area (Å²) in [5, 5.41) is 5.38. The number of carbonyl (C=O) groups is 2. The molecule has 0 spiro atoms. The second-order valence-electron chi connectivity index (χ2n) is 4.00. The topological polar surface area (TPSA) is 71.3 Å². The third-order valence-corrected chi connectivity index (χ3v) is 2.88. The van der Waals surface area contributed by atoms with Crippen LogP contribution in [-0.2, 0) is 0 Å². The standard InChI is InChI=1S/C14H13ClN2O3/c1-2-16-13(18)9-4-3-5-10(8-9)17-14(19)11-6-7-20-12(11)15/h3-8H,2H2,1H3,(H,16,18)(H,17,19). The quantitative estimate of drug-likeness (QED) is 0.910. The Bertz CT molecular complexity index is 637. The van der Waals surface area contributed by atoms with Gasteiger partial charge in [0.15, 0.2) is 0 Å². The van der Waals surface area contributed by atoms with Crippen LogP contribution >= 0.6 is 11.6 Å². The summed E-state index contributed by atoms with van der Waals surface area (Å²) < 4.78 is 4.86. The molecule has 2 amide bonds. The minimum atomic E-state index is -0.392. The molecule has 0 radical (unpaired) electrons. The lowest BCUT2D eigenvalue weighted by Crippen LogP contribution is -2.22. The van der Waals surface area contributed by atoms with E-state index in [4.69, 9.17) is 16.0 Å². The van der Waals surface area contributed by atoms with E-state index in [0.717, 1.165) is 0 Å². The van der Waals surface area contributed by atoms with Crippen molar-refractivity contribution in [2.75, 3.05) is 11.9 Å². The molecule has 2 rings (SSSR count). The molecule has 0 saturated heterocycles. The number of nitrogens with one attached hydrogen (secondary N) is 2. The SMILES string of the molecule is CCNC(=O)c1cccc(NC(=O)c2ccoc2Cl)c1. The maximum Gasteiger partial charge on any atom is 0.260 e. The minimum Gasteiger partial charge on any atom is -0.452 e. The predicted molar refractivity (Wildman–Crippen MR) is 76.1 cm³/mol. The van der Waals surface area contributed by atoms with Crippen molar-refractivity contribution >= 4 is 29.1 Å². The van der Waals surface area contributed by atoms with Gasteiger partial charge in [0.25, 0.3) is 11.8 Å². The molecule has 20 heavy (non-hydrogen) atoms. The maximum absolute atomic E-state index is 11.9. The van der Waals surface area contributed by atoms with Gasteiger partial charge in [-0.15, -0.1) is 0 Å². The summed E-state index contributed by atoms with van der Waals surface area (Å²) in [6.07, 6.45) is 1.34. The highest BCUT2D eigenvalue weighted by Gasteiger charge is 2.13. The number of anilines is 1. The van der Waals surface area contributed by atoms with Gasteiger partial charge in [-0.2, -0.15) is 0 Å². The zero-order chi connectivity index (χ0) is 14.5. The van der Waals surface area contributed by atoms with Gasteiger partial charge in [-0.1, -0.05) is 6.07 Å². The van der Waals surface area contributed by atoms with Gasteiger partial charge in [0.1, 0.15) is 0 Å². The van der Waals surface area contributed by atoms with E-state index in [-0.39, 0.29) is 16.7 Å². The molecule has 2 aromatic rings. The fraction of sp³-hybridized carbons (Fsp3) is 0.143. The highest BCUT2D eigenvalue weighted by atomic mass is 35.5. The first-order valence-corrected chi connectivity index (χ1v) is 6.42. The Balaban J connectivity index is 2.14. The monoisotopic (exact) mass is 292 g/mol. The molecule has 1 aromatic heterocycles. The van der Waals surface area contributed by atoms with Crippen LogP contribution in [0.2, 0.25) is 5.22 Å². The largest absolute Gasteiger partial charge is 0.452 e. The van der Waals surface area contributed by atoms with Crippen LogP contribution in [0.1, 0.15) is 27.6 Å². The third kappa shape index (κ3) is 3.19. The Morgan fingerprint density at radius 2 is 2.05 bits per heavy atom. The summed E-state index contributed by atoms with van der Waals surface area (Å²) in [6, 6.07) is 8.12. The molecule has 104 valence electrons. The Morgan fingerprint density at radius 3 is 2.70 bits per heavy atom. The normalized spacial score (nSPS) is 10.1. The number of rotatable bonds is 4. The van der Waals surface area contributed by atoms with Crippen molar-refractivity contribution in [3.05, 3.63) is 52.9 Å². The summed E-state index contributed by atoms with van der Waals surface area (Å²) in [7, 11) is 0. The fourth-order valence-electron chi connectivity index (χ4n) is 1.65. The zero-order valence-corrected chi connectivity index (χ0v) is 11.5. The van der Waals surface area contributed by atoms with Crippen molar-refractivity contribution < 1.29 is 14.0 Å². The van der Waals surface area contributed by atoms with Gasteiger partial charge in [-0.3, -0.25) is 9.59 Å². The van der Waals surface area contributed by atoms with Crippen molar-refractivity contribution in [3.8, 4) is 0 Å². The number of carbonyl (C=O) groups excluding carboxylic acids is 2. The van der Waals surface area contributed by atoms with Gasteiger partial charge in [-0.25, -0.2) is 0 Å². The third-order valence-electron chi connectivity index (χ3n) is 2.58. The first kappa shape index (κ1) is 14.1. The molecule has 0 aliphatic rings. The van der Waals surface area contributed by atoms with Gasteiger partial charge in [0, 0.05) is 17.8 Å². The maximum atomic E-state index is 11.9. The number of benzene rings is 1. The number of furan rings is 1. The molecule has 0 bridgehead atoms. The highest BCUT2D eigenvalue weighted by molar-refractivity contribution is 6.32. The molecule has 0 atom stereocenters. The number of amides is 2. The number of hydrogen-bond acceptors (Lipinski definition) is 3. The fourth-order valence-corrected chi connectivity index (χ4v) is 1.86. The molecule has 0 fully saturated rings. The van der Waals surface area contributed by atoms with E-state index in [2.05, 4.69) is 10.6 Å². The molecule has 5 nitrogen and oxygen atoms in total. The van der Waals surface area contributed by atoms with E-state index < -0.39 is 5.91 Å². The molecule has 0 aliphatic heterocycles. The average Bonchev–Trinajstić information content (AvgIpc) is 2.85. The van der Waals surface area contributed by atoms with Crippen molar-refractivity contribution in [1.29, 1.82) is 0 Å². The first-order chi connectivity index (χ1) is 9.61. The molecule has 2 N–H and O–H groups in total. The zero-order valence-electron chi connectivity index (χ0n) is 10.8. The van der Waals surface area contributed by atoms with E-state index >= 15 is 0 Å². The summed E-state index contributed by atoms with van der Waals surface area (Å²) in [5.41, 5.74) is 1.23. The highest BCUT2D eigenvalue weighted by Crippen LogP contribution is 2.19. The van der Waals surface area contributed by atoms with Crippen molar-refractivity contribution in [1.82, 2.24) is 5.32 Å². The predicted octanol–water partition coefficient (Wildman–Crippen LogP) is 2.94. The van der Waals surface area contributed by atoms with Crippen molar-refractivity contribution in [2.24, 2.45) is 0 Å². The Labute approximate surface area is 120 Å². The van der Waals surface area contributed by atoms with Gasteiger partial charge < -0.3 is 15.1 Å². The van der Waals surface area contributed by atoms with E-state index in [1.165, 1.54) is 12.3 Å². The van der Waals surface area contributed by atoms with E-state index in [9.17, 15) is 9.59 Å². The van der Waals surface area contributed by atoms with Crippen LogP contribution in [0.3, 0.4) is 0 Å². The van der Waals surface area contributed by atoms with E-state index in [1.807, 2.05) is 6.92 Å². The summed E-state index contributed by atoms with van der Waals surface area (Å²) in [4.78, 5) is 23.7. The lowest BCUT2D eigenvalue weighted by Gasteiger charge is -2.07. The minimum absolute atomic E-state index is 0.0300. The Morgan fingerprint density at radius 1 is 1.25 bits per heavy atom. The van der Waals surface area contributed by atoms with Gasteiger partial charge in [-0.05, 0) is 42.8 Å². The molecular formula is C14H13ClN2O3. The van der Waals surface area contributed by atoms with Gasteiger partial charge in [0.2, 0.25) is 5.22 Å². The summed E-state index contributed by atoms with van der Waals surface area (Å²) >= 11 is 5.73. The average molecular weight is 293 g/mol. The smallest absolute Gasteiger partial charge is 0.260 e. The molecular weight excluding hydrogens is 280 g/mol. The van der Waals surface area contributed by atoms with Crippen LogP contribution in [0.15, 0.2) is 41.0 Å². The number of hydrogen-bond donors (Lipinski definition) is 2. The Kier molecular flexibility index (Phi) is 4.42. The van der Waals surface area contributed by atoms with Gasteiger partial charge >= 0.3 is 0 Å². The van der Waals surface area contributed by atoms with E-state index in [1.54, 1.807) is 24.3 Å². The second-order valence-corrected chi connectivity index (χ2v) is 4.35. The van der Waals surface area contributed by atoms with Crippen molar-refractivity contribution in [3.63, 3.8) is 0 Å². The van der Waals surface area contributed by atoms with Crippen molar-refractivity contribution in [2.45, 2.75) is 6.92 Å². The molecule has 0 saturated carbocycles. The molecule has 0 unspecified atom stereocenters. The summed E-state index contributed by atoms with van der Waals surface area (Å²) in [6.45, 7) is 2.38. The Hall–Kier alpha value is -2.27. The molecule has 1 aromatic carbocycles. The first-order valence-electron chi connectivity index (χ1n) is 6.04. The second kappa shape index (κ2) is 6.25. The number of halogens is 1. The van der Waals surface area contributed by atoms with Crippen LogP contribution in [0, 0.1) is 0 Å². The molecule has 0 aliphatic carbocycles. The van der Waals surface area contributed by atoms with Crippen LogP contribution in [0.25, 0.3) is 0 Å². The lowest BCUT2D eigenvalue weighted by atomic mass is 10.2. The van der Waals surface area contributed by atoms with Crippen LogP contribution in [0.5, 0.6) is 0 Å². The van der Waals surface area contributed by atoms with E-state index in [0.29, 0.717) is 17.8 Å². The molecule has 1 heterocycles. The lowest BCUT2D eigenvalue weighted by molar-refractivity contribution is 0.0954. The van der Waals surface area contributed by atoms with Crippen LogP contribution < -0.4 is 10.6 Å². The van der Waals surface area contributed by atoms with Crippen LogP contribution in [0.4, 0.5) is 5.69 Å². The van der Waals surface area contributed by atoms with Gasteiger partial charge in [0.05, 0.1) is 11.8 Å². The van der Waals surface area contributed by atoms with Crippen LogP contribution in [-0.4, -0.2) is 18.4 Å². The molecule has 6 heteroatoms.